The Balaban J connectivity index is 1.48. The second-order valence-electron chi connectivity index (χ2n) is 10.1. The van der Waals surface area contributed by atoms with Crippen molar-refractivity contribution in [2.24, 2.45) is 0 Å². The molecule has 2 aromatic carbocycles. The first kappa shape index (κ1) is 28.9. The average molecular weight is 635 g/mol. The lowest BCUT2D eigenvalue weighted by Crippen LogP contribution is -2.29. The molecule has 0 aliphatic rings. The standard InChI is InChI=1S/C28H26N8O6S2/c1-17(27-33-35-11-7-10-23(35)28(37)36(27)20-8-5-4-6-9-20)32-26-24-22(15-29-25(24)30-16-31-26)18-12-19(34-43(2,38)39)14-21(13-18)42-44(3,40)41/h4-17,34H,1-3H3,(H2,29,30,31,32). The van der Waals surface area contributed by atoms with Crippen molar-refractivity contribution in [3.8, 4) is 22.6 Å². The van der Waals surface area contributed by atoms with Gasteiger partial charge in [-0.1, -0.05) is 18.2 Å². The van der Waals surface area contributed by atoms with Crippen LogP contribution in [0.2, 0.25) is 0 Å². The van der Waals surface area contributed by atoms with Crippen molar-refractivity contribution in [3.05, 3.63) is 95.6 Å². The van der Waals surface area contributed by atoms with Crippen molar-refractivity contribution in [3.63, 3.8) is 0 Å². The molecule has 0 aliphatic carbocycles. The van der Waals surface area contributed by atoms with Gasteiger partial charge in [0, 0.05) is 24.0 Å². The minimum atomic E-state index is -3.92. The monoisotopic (exact) mass is 634 g/mol. The zero-order valence-electron chi connectivity index (χ0n) is 23.6. The average Bonchev–Trinajstić information content (AvgIpc) is 3.59. The number of hydrogen-bond donors (Lipinski definition) is 3. The molecule has 0 bridgehead atoms. The van der Waals surface area contributed by atoms with Crippen LogP contribution in [0.25, 0.3) is 33.4 Å². The van der Waals surface area contributed by atoms with Gasteiger partial charge in [-0.25, -0.2) is 22.9 Å². The molecule has 0 radical (unpaired) electrons. The first-order valence-corrected chi connectivity index (χ1v) is 16.8. The van der Waals surface area contributed by atoms with Gasteiger partial charge in [-0.05, 0) is 48.9 Å². The molecule has 0 aliphatic heterocycles. The number of aromatic amines is 1. The Morgan fingerprint density at radius 1 is 0.977 bits per heavy atom. The molecule has 1 atom stereocenters. The predicted molar refractivity (Wildman–Crippen MR) is 166 cm³/mol. The first-order chi connectivity index (χ1) is 20.9. The number of anilines is 2. The SMILES string of the molecule is CC(Nc1ncnc2[nH]cc(-c3cc(NS(C)(=O)=O)cc(OS(C)(=O)=O)c3)c12)c1nn2cccc2c(=O)n1-c1ccccc1. The summed E-state index contributed by atoms with van der Waals surface area (Å²) in [5, 5.41) is 8.61. The van der Waals surface area contributed by atoms with Gasteiger partial charge < -0.3 is 14.5 Å². The fourth-order valence-corrected chi connectivity index (χ4v) is 5.92. The number of benzene rings is 2. The number of para-hydroxylation sites is 1. The van der Waals surface area contributed by atoms with Crippen molar-refractivity contribution in [2.75, 3.05) is 22.6 Å². The van der Waals surface area contributed by atoms with E-state index in [9.17, 15) is 21.6 Å². The summed E-state index contributed by atoms with van der Waals surface area (Å²) < 4.78 is 58.3. The van der Waals surface area contributed by atoms with Crippen molar-refractivity contribution in [1.29, 1.82) is 0 Å². The number of sulfonamides is 1. The van der Waals surface area contributed by atoms with E-state index in [1.165, 1.54) is 29.0 Å². The summed E-state index contributed by atoms with van der Waals surface area (Å²) in [6, 6.07) is 16.3. The Kier molecular flexibility index (Phi) is 7.09. The quantitative estimate of drug-likeness (QED) is 0.200. The number of aromatic nitrogens is 6. The summed E-state index contributed by atoms with van der Waals surface area (Å²) in [6.07, 6.45) is 6.57. The Morgan fingerprint density at radius 3 is 2.48 bits per heavy atom. The molecule has 6 aromatic rings. The van der Waals surface area contributed by atoms with Crippen LogP contribution in [-0.4, -0.2) is 58.5 Å². The topological polar surface area (TPSA) is 182 Å². The zero-order valence-corrected chi connectivity index (χ0v) is 25.2. The van der Waals surface area contributed by atoms with E-state index >= 15 is 0 Å². The molecular weight excluding hydrogens is 608 g/mol. The van der Waals surface area contributed by atoms with Crippen LogP contribution in [0.4, 0.5) is 11.5 Å². The van der Waals surface area contributed by atoms with Gasteiger partial charge in [0.1, 0.15) is 29.1 Å². The summed E-state index contributed by atoms with van der Waals surface area (Å²) in [4.78, 5) is 25.5. The highest BCUT2D eigenvalue weighted by Gasteiger charge is 2.22. The van der Waals surface area contributed by atoms with Gasteiger partial charge in [-0.2, -0.15) is 13.5 Å². The van der Waals surface area contributed by atoms with Crippen LogP contribution in [0.5, 0.6) is 5.75 Å². The smallest absolute Gasteiger partial charge is 0.306 e. The van der Waals surface area contributed by atoms with Gasteiger partial charge >= 0.3 is 10.1 Å². The van der Waals surface area contributed by atoms with Crippen LogP contribution in [0.1, 0.15) is 18.8 Å². The van der Waals surface area contributed by atoms with E-state index in [1.54, 1.807) is 29.1 Å². The van der Waals surface area contributed by atoms with Gasteiger partial charge in [0.15, 0.2) is 5.82 Å². The normalized spacial score (nSPS) is 12.8. The fraction of sp³-hybridized carbons (Fsp3) is 0.143. The molecule has 226 valence electrons. The maximum Gasteiger partial charge on any atom is 0.306 e. The second kappa shape index (κ2) is 10.8. The highest BCUT2D eigenvalue weighted by atomic mass is 32.2. The van der Waals surface area contributed by atoms with Crippen molar-refractivity contribution in [2.45, 2.75) is 13.0 Å². The lowest BCUT2D eigenvalue weighted by atomic mass is 10.0. The van der Waals surface area contributed by atoms with Crippen LogP contribution < -0.4 is 19.8 Å². The molecule has 14 nitrogen and oxygen atoms in total. The Labute approximate surface area is 251 Å². The summed E-state index contributed by atoms with van der Waals surface area (Å²) in [7, 11) is -7.62. The Bertz CT molecular complexity index is 2260. The Morgan fingerprint density at radius 2 is 1.75 bits per heavy atom. The molecule has 0 spiro atoms. The summed E-state index contributed by atoms with van der Waals surface area (Å²) in [6.45, 7) is 1.84. The summed E-state index contributed by atoms with van der Waals surface area (Å²) >= 11 is 0. The van der Waals surface area contributed by atoms with Gasteiger partial charge in [0.05, 0.1) is 35.3 Å². The molecular formula is C28H26N8O6S2. The number of rotatable bonds is 9. The molecule has 6 rings (SSSR count). The van der Waals surface area contributed by atoms with Crippen molar-refractivity contribution < 1.29 is 21.0 Å². The molecule has 0 amide bonds. The fourth-order valence-electron chi connectivity index (χ4n) is 4.93. The number of fused-ring (bicyclic) bond motifs is 2. The predicted octanol–water partition coefficient (Wildman–Crippen LogP) is 3.31. The van der Waals surface area contributed by atoms with Crippen molar-refractivity contribution in [1.82, 2.24) is 29.1 Å². The van der Waals surface area contributed by atoms with Crippen LogP contribution in [-0.2, 0) is 20.1 Å². The van der Waals surface area contributed by atoms with Gasteiger partial charge in [-0.15, -0.1) is 0 Å². The lowest BCUT2D eigenvalue weighted by molar-refractivity contribution is 0.493. The molecule has 0 saturated carbocycles. The van der Waals surface area contributed by atoms with Crippen LogP contribution >= 0.6 is 0 Å². The lowest BCUT2D eigenvalue weighted by Gasteiger charge is -2.20. The molecule has 16 heteroatoms. The second-order valence-corrected chi connectivity index (χ2v) is 13.4. The molecule has 0 saturated heterocycles. The molecule has 4 aromatic heterocycles. The van der Waals surface area contributed by atoms with Crippen LogP contribution in [0.3, 0.4) is 0 Å². The largest absolute Gasteiger partial charge is 0.383 e. The first-order valence-electron chi connectivity index (χ1n) is 13.1. The summed E-state index contributed by atoms with van der Waals surface area (Å²) in [5.74, 6) is 0.700. The van der Waals surface area contributed by atoms with Gasteiger partial charge in [0.25, 0.3) is 5.56 Å². The molecule has 4 heterocycles. The summed E-state index contributed by atoms with van der Waals surface area (Å²) in [5.41, 5.74) is 2.30. The van der Waals surface area contributed by atoms with Crippen molar-refractivity contribution >= 4 is 48.2 Å². The highest BCUT2D eigenvalue weighted by Crippen LogP contribution is 2.37. The number of nitrogens with zero attached hydrogens (tertiary/aromatic N) is 5. The van der Waals surface area contributed by atoms with E-state index in [2.05, 4.69) is 25.0 Å². The van der Waals surface area contributed by atoms with Gasteiger partial charge in [-0.3, -0.25) is 14.1 Å². The number of nitrogens with one attached hydrogen (secondary N) is 3. The van der Waals surface area contributed by atoms with Gasteiger partial charge in [0.2, 0.25) is 10.0 Å². The van der Waals surface area contributed by atoms with E-state index in [0.717, 1.165) is 12.5 Å². The number of H-pyrrole nitrogens is 1. The highest BCUT2D eigenvalue weighted by molar-refractivity contribution is 7.92. The third-order valence-corrected chi connectivity index (χ3v) is 7.68. The third kappa shape index (κ3) is 5.84. The number of hydrogen-bond acceptors (Lipinski definition) is 10. The zero-order chi connectivity index (χ0) is 31.2. The molecule has 0 fully saturated rings. The maximum absolute atomic E-state index is 13.6. The molecule has 1 unspecified atom stereocenters. The minimum Gasteiger partial charge on any atom is -0.383 e. The maximum atomic E-state index is 13.6. The van der Waals surface area contributed by atoms with E-state index in [-0.39, 0.29) is 17.0 Å². The molecule has 3 N–H and O–H groups in total. The van der Waals surface area contributed by atoms with Crippen LogP contribution in [0, 0.1) is 0 Å². The van der Waals surface area contributed by atoms with Crippen LogP contribution in [0.15, 0.2) is 84.2 Å². The Hall–Kier alpha value is -5.22. The third-order valence-electron chi connectivity index (χ3n) is 6.58. The minimum absolute atomic E-state index is 0.0915. The van der Waals surface area contributed by atoms with E-state index < -0.39 is 26.2 Å². The molecule has 44 heavy (non-hydrogen) atoms. The van der Waals surface area contributed by atoms with E-state index in [0.29, 0.717) is 45.0 Å². The van der Waals surface area contributed by atoms with E-state index in [4.69, 9.17) is 9.28 Å². The van der Waals surface area contributed by atoms with E-state index in [1.807, 2.05) is 37.3 Å².